The Bertz CT molecular complexity index is 1200. The molecule has 0 radical (unpaired) electrons. The fraction of sp³-hybridized carbons (Fsp3) is 0.500. The van der Waals surface area contributed by atoms with Crippen LogP contribution in [-0.4, -0.2) is 67.7 Å². The van der Waals surface area contributed by atoms with E-state index in [1.54, 1.807) is 25.6 Å². The van der Waals surface area contributed by atoms with Gasteiger partial charge in [0.25, 0.3) is 0 Å². The van der Waals surface area contributed by atoms with Crippen LogP contribution >= 0.6 is 11.8 Å². The highest BCUT2D eigenvalue weighted by Crippen LogP contribution is 2.44. The van der Waals surface area contributed by atoms with Crippen LogP contribution in [0.4, 0.5) is 4.79 Å². The zero-order valence-corrected chi connectivity index (χ0v) is 26.1. The SMILES string of the molecule is COC(=O)[C@H](CCSC)NC(=O)[C@@H](NC(=O)[C@H](CC(C)C)NC(=O)OCC1c2ccccc2-c2ccccc21)C(C)C. The van der Waals surface area contributed by atoms with Crippen molar-refractivity contribution in [2.75, 3.05) is 25.7 Å². The highest BCUT2D eigenvalue weighted by Gasteiger charge is 2.33. The minimum absolute atomic E-state index is 0.0798. The second-order valence-electron chi connectivity index (χ2n) is 11.2. The van der Waals surface area contributed by atoms with Gasteiger partial charge in [0.15, 0.2) is 0 Å². The molecule has 3 rings (SSSR count). The molecule has 1 aliphatic carbocycles. The summed E-state index contributed by atoms with van der Waals surface area (Å²) in [6.07, 6.45) is 1.95. The molecule has 3 N–H and O–H groups in total. The van der Waals surface area contributed by atoms with E-state index in [0.717, 1.165) is 22.3 Å². The number of benzene rings is 2. The van der Waals surface area contributed by atoms with Crippen molar-refractivity contribution in [2.45, 2.75) is 64.6 Å². The molecule has 3 atom stereocenters. The quantitative estimate of drug-likeness (QED) is 0.274. The van der Waals surface area contributed by atoms with Crippen LogP contribution in [0, 0.1) is 11.8 Å². The number of esters is 1. The fourth-order valence-corrected chi connectivity index (χ4v) is 5.63. The summed E-state index contributed by atoms with van der Waals surface area (Å²) in [5.41, 5.74) is 4.44. The molecule has 0 bridgehead atoms. The van der Waals surface area contributed by atoms with Crippen molar-refractivity contribution in [3.63, 3.8) is 0 Å². The van der Waals surface area contributed by atoms with E-state index in [1.165, 1.54) is 7.11 Å². The van der Waals surface area contributed by atoms with E-state index < -0.39 is 42.0 Å². The van der Waals surface area contributed by atoms with Crippen molar-refractivity contribution in [3.8, 4) is 11.1 Å². The van der Waals surface area contributed by atoms with E-state index in [4.69, 9.17) is 9.47 Å². The van der Waals surface area contributed by atoms with Crippen molar-refractivity contribution < 1.29 is 28.7 Å². The number of methoxy groups -OCH3 is 1. The molecule has 9 nitrogen and oxygen atoms in total. The third-order valence-electron chi connectivity index (χ3n) is 7.32. The highest BCUT2D eigenvalue weighted by molar-refractivity contribution is 7.98. The van der Waals surface area contributed by atoms with Crippen LogP contribution in [-0.2, 0) is 23.9 Å². The molecule has 10 heteroatoms. The highest BCUT2D eigenvalue weighted by atomic mass is 32.2. The van der Waals surface area contributed by atoms with Gasteiger partial charge in [0, 0.05) is 5.92 Å². The molecule has 42 heavy (non-hydrogen) atoms. The molecule has 228 valence electrons. The smallest absolute Gasteiger partial charge is 0.407 e. The van der Waals surface area contributed by atoms with E-state index in [0.29, 0.717) is 18.6 Å². The first-order chi connectivity index (χ1) is 20.1. The van der Waals surface area contributed by atoms with Crippen LogP contribution in [0.15, 0.2) is 48.5 Å². The molecule has 0 heterocycles. The van der Waals surface area contributed by atoms with Crippen LogP contribution in [0.3, 0.4) is 0 Å². The topological polar surface area (TPSA) is 123 Å². The van der Waals surface area contributed by atoms with Gasteiger partial charge in [-0.25, -0.2) is 9.59 Å². The van der Waals surface area contributed by atoms with Crippen LogP contribution in [0.2, 0.25) is 0 Å². The largest absolute Gasteiger partial charge is 0.467 e. The second kappa shape index (κ2) is 15.6. The van der Waals surface area contributed by atoms with Gasteiger partial charge in [-0.15, -0.1) is 0 Å². The van der Waals surface area contributed by atoms with Crippen LogP contribution in [0.1, 0.15) is 57.6 Å². The molecule has 0 aromatic heterocycles. The molecule has 0 unspecified atom stereocenters. The Morgan fingerprint density at radius 1 is 0.833 bits per heavy atom. The number of thioether (sulfide) groups is 1. The zero-order chi connectivity index (χ0) is 30.8. The third kappa shape index (κ3) is 8.50. The normalized spacial score (nSPS) is 14.4. The minimum Gasteiger partial charge on any atom is -0.467 e. The number of ether oxygens (including phenoxy) is 2. The van der Waals surface area contributed by atoms with Crippen LogP contribution in [0.25, 0.3) is 11.1 Å². The summed E-state index contributed by atoms with van der Waals surface area (Å²) in [7, 11) is 1.27. The van der Waals surface area contributed by atoms with E-state index in [-0.39, 0.29) is 24.4 Å². The summed E-state index contributed by atoms with van der Waals surface area (Å²) in [6.45, 7) is 7.61. The summed E-state index contributed by atoms with van der Waals surface area (Å²) >= 11 is 1.55. The first-order valence-electron chi connectivity index (χ1n) is 14.4. The van der Waals surface area contributed by atoms with Crippen molar-refractivity contribution in [1.82, 2.24) is 16.0 Å². The molecule has 2 aromatic rings. The molecule has 3 amide bonds. The number of carbonyl (C=O) groups is 4. The number of carbonyl (C=O) groups excluding carboxylic acids is 4. The number of alkyl carbamates (subject to hydrolysis) is 1. The van der Waals surface area contributed by atoms with Crippen LogP contribution < -0.4 is 16.0 Å². The molecule has 1 aliphatic rings. The summed E-state index contributed by atoms with van der Waals surface area (Å²) in [4.78, 5) is 51.8. The first-order valence-corrected chi connectivity index (χ1v) is 15.8. The summed E-state index contributed by atoms with van der Waals surface area (Å²) in [6, 6.07) is 13.5. The lowest BCUT2D eigenvalue weighted by molar-refractivity contribution is -0.145. The predicted molar refractivity (Wildman–Crippen MR) is 165 cm³/mol. The molecular weight excluding hydrogens is 554 g/mol. The number of hydrogen-bond acceptors (Lipinski definition) is 7. The van der Waals surface area contributed by atoms with Crippen molar-refractivity contribution in [2.24, 2.45) is 11.8 Å². The second-order valence-corrected chi connectivity index (χ2v) is 12.2. The van der Waals surface area contributed by atoms with Gasteiger partial charge >= 0.3 is 12.1 Å². The average Bonchev–Trinajstić information content (AvgIpc) is 3.29. The molecule has 0 saturated heterocycles. The first kappa shape index (κ1) is 33.0. The third-order valence-corrected chi connectivity index (χ3v) is 7.96. The predicted octanol–water partition coefficient (Wildman–Crippen LogP) is 4.49. The summed E-state index contributed by atoms with van der Waals surface area (Å²) in [5, 5.41) is 8.23. The minimum atomic E-state index is -0.919. The lowest BCUT2D eigenvalue weighted by Crippen LogP contribution is -2.57. The monoisotopic (exact) mass is 597 g/mol. The number of amides is 3. The van der Waals surface area contributed by atoms with Gasteiger partial charge in [0.1, 0.15) is 24.7 Å². The molecule has 2 aromatic carbocycles. The fourth-order valence-electron chi connectivity index (χ4n) is 5.16. The molecule has 0 aliphatic heterocycles. The van der Waals surface area contributed by atoms with E-state index in [2.05, 4.69) is 28.1 Å². The average molecular weight is 598 g/mol. The van der Waals surface area contributed by atoms with E-state index >= 15 is 0 Å². The van der Waals surface area contributed by atoms with Crippen LogP contribution in [0.5, 0.6) is 0 Å². The maximum atomic E-state index is 13.4. The van der Waals surface area contributed by atoms with Crippen molar-refractivity contribution in [3.05, 3.63) is 59.7 Å². The summed E-state index contributed by atoms with van der Waals surface area (Å²) in [5.74, 6) is -1.18. The maximum absolute atomic E-state index is 13.4. The molecule has 0 saturated carbocycles. The van der Waals surface area contributed by atoms with Gasteiger partial charge in [-0.3, -0.25) is 9.59 Å². The van der Waals surface area contributed by atoms with E-state index in [9.17, 15) is 19.2 Å². The van der Waals surface area contributed by atoms with Crippen molar-refractivity contribution in [1.29, 1.82) is 0 Å². The Labute approximate surface area is 252 Å². The number of hydrogen-bond donors (Lipinski definition) is 3. The molecule has 0 spiro atoms. The van der Waals surface area contributed by atoms with Crippen molar-refractivity contribution >= 4 is 35.6 Å². The Morgan fingerprint density at radius 3 is 1.95 bits per heavy atom. The lowest BCUT2D eigenvalue weighted by atomic mass is 9.98. The van der Waals surface area contributed by atoms with Gasteiger partial charge in [-0.05, 0) is 58.9 Å². The number of rotatable bonds is 14. The van der Waals surface area contributed by atoms with Gasteiger partial charge in [0.05, 0.1) is 7.11 Å². The van der Waals surface area contributed by atoms with E-state index in [1.807, 2.05) is 56.5 Å². The maximum Gasteiger partial charge on any atom is 0.407 e. The standard InChI is InChI=1S/C32H43N3O6S/c1-19(2)17-27(29(36)35-28(20(3)4)30(37)33-26(15-16-42-6)31(38)40-5)34-32(39)41-18-25-23-13-9-7-11-21(23)22-12-8-10-14-24(22)25/h7-14,19-20,25-28H,15-18H2,1-6H3,(H,33,37)(H,34,39)(H,35,36)/t26-,27-,28-/m0/s1. The lowest BCUT2D eigenvalue weighted by Gasteiger charge is -2.27. The van der Waals surface area contributed by atoms with Gasteiger partial charge in [0.2, 0.25) is 11.8 Å². The number of nitrogens with one attached hydrogen (secondary N) is 3. The summed E-state index contributed by atoms with van der Waals surface area (Å²) < 4.78 is 10.5. The Morgan fingerprint density at radius 2 is 1.43 bits per heavy atom. The van der Waals surface area contributed by atoms with Gasteiger partial charge in [-0.1, -0.05) is 76.2 Å². The molecular formula is C32H43N3O6S. The molecule has 0 fully saturated rings. The Kier molecular flexibility index (Phi) is 12.3. The van der Waals surface area contributed by atoms with Gasteiger partial charge < -0.3 is 25.4 Å². The van der Waals surface area contributed by atoms with Gasteiger partial charge in [-0.2, -0.15) is 11.8 Å². The Hall–Kier alpha value is -3.53. The Balaban J connectivity index is 1.67. The number of fused-ring (bicyclic) bond motifs is 3. The zero-order valence-electron chi connectivity index (χ0n) is 25.3.